The van der Waals surface area contributed by atoms with E-state index < -0.39 is 11.6 Å². The standard InChI is InChI=1S/C23H34F2/c1-2-3-17-6-10-20(11-7-17)21-12-8-18(9-13-21)4-5-19-14-22(24)16-23(25)15-19/h14-18,20-21H,2-13H2,1H3/t17-,18-,20-,21-. The maximum atomic E-state index is 13.3. The molecule has 1 aromatic carbocycles. The molecule has 140 valence electrons. The molecule has 2 saturated carbocycles. The van der Waals surface area contributed by atoms with Crippen LogP contribution in [-0.4, -0.2) is 0 Å². The van der Waals surface area contributed by atoms with Gasteiger partial charge in [-0.3, -0.25) is 0 Å². The zero-order valence-electron chi connectivity index (χ0n) is 15.8. The van der Waals surface area contributed by atoms with Crippen LogP contribution in [0.3, 0.4) is 0 Å². The second kappa shape index (κ2) is 9.14. The Balaban J connectivity index is 1.39. The lowest BCUT2D eigenvalue weighted by Gasteiger charge is -2.38. The van der Waals surface area contributed by atoms with E-state index in [-0.39, 0.29) is 0 Å². The van der Waals surface area contributed by atoms with Gasteiger partial charge in [0.15, 0.2) is 0 Å². The van der Waals surface area contributed by atoms with Crippen LogP contribution in [0, 0.1) is 35.3 Å². The zero-order chi connectivity index (χ0) is 17.6. The Morgan fingerprint density at radius 3 is 1.68 bits per heavy atom. The van der Waals surface area contributed by atoms with Gasteiger partial charge in [0.25, 0.3) is 0 Å². The first-order chi connectivity index (χ1) is 12.1. The maximum absolute atomic E-state index is 13.3. The Morgan fingerprint density at radius 1 is 0.720 bits per heavy atom. The van der Waals surface area contributed by atoms with Crippen LogP contribution in [0.1, 0.15) is 83.1 Å². The molecule has 0 bridgehead atoms. The third-order valence-electron chi connectivity index (χ3n) is 6.91. The number of rotatable bonds is 6. The van der Waals surface area contributed by atoms with Crippen molar-refractivity contribution in [3.05, 3.63) is 35.4 Å². The molecule has 0 nitrogen and oxygen atoms in total. The fourth-order valence-corrected chi connectivity index (χ4v) is 5.43. The van der Waals surface area contributed by atoms with Crippen molar-refractivity contribution < 1.29 is 8.78 Å². The van der Waals surface area contributed by atoms with Crippen molar-refractivity contribution in [2.75, 3.05) is 0 Å². The minimum atomic E-state index is -0.447. The first-order valence-electron chi connectivity index (χ1n) is 10.6. The molecule has 0 saturated heterocycles. The topological polar surface area (TPSA) is 0 Å². The van der Waals surface area contributed by atoms with Crippen molar-refractivity contribution in [1.29, 1.82) is 0 Å². The average Bonchev–Trinajstić information content (AvgIpc) is 2.61. The molecule has 1 aromatic rings. The molecular weight excluding hydrogens is 314 g/mol. The Morgan fingerprint density at radius 2 is 1.20 bits per heavy atom. The van der Waals surface area contributed by atoms with Crippen molar-refractivity contribution in [2.24, 2.45) is 23.7 Å². The highest BCUT2D eigenvalue weighted by Gasteiger charge is 2.30. The molecule has 0 radical (unpaired) electrons. The summed E-state index contributed by atoms with van der Waals surface area (Å²) in [6, 6.07) is 3.94. The SMILES string of the molecule is CCC[C@H]1CC[C@H]([C@H]2CC[C@H](CCc3cc(F)cc(F)c3)CC2)CC1. The minimum Gasteiger partial charge on any atom is -0.207 e. The third-order valence-corrected chi connectivity index (χ3v) is 6.91. The molecule has 0 atom stereocenters. The van der Waals surface area contributed by atoms with Crippen LogP contribution in [0.2, 0.25) is 0 Å². The van der Waals surface area contributed by atoms with Crippen molar-refractivity contribution in [3.63, 3.8) is 0 Å². The van der Waals surface area contributed by atoms with E-state index >= 15 is 0 Å². The molecule has 0 aliphatic heterocycles. The second-order valence-corrected chi connectivity index (χ2v) is 8.67. The number of hydrogen-bond donors (Lipinski definition) is 0. The summed E-state index contributed by atoms with van der Waals surface area (Å²) in [7, 11) is 0. The molecular formula is C23H34F2. The zero-order valence-corrected chi connectivity index (χ0v) is 15.8. The molecule has 0 unspecified atom stereocenters. The van der Waals surface area contributed by atoms with Crippen molar-refractivity contribution >= 4 is 0 Å². The predicted octanol–water partition coefficient (Wildman–Crippen LogP) is 7.31. The van der Waals surface area contributed by atoms with Crippen LogP contribution in [0.4, 0.5) is 8.78 Å². The minimum absolute atomic E-state index is 0.447. The van der Waals surface area contributed by atoms with Gasteiger partial charge in [-0.1, -0.05) is 45.4 Å². The van der Waals surface area contributed by atoms with E-state index in [1.807, 2.05) is 0 Å². The summed E-state index contributed by atoms with van der Waals surface area (Å²) in [4.78, 5) is 0. The van der Waals surface area contributed by atoms with E-state index in [9.17, 15) is 8.78 Å². The molecule has 0 spiro atoms. The Kier molecular flexibility index (Phi) is 6.90. The van der Waals surface area contributed by atoms with E-state index in [1.165, 1.54) is 76.3 Å². The molecule has 2 fully saturated rings. The van der Waals surface area contributed by atoms with Gasteiger partial charge in [-0.05, 0) is 79.9 Å². The Bertz CT molecular complexity index is 503. The van der Waals surface area contributed by atoms with Crippen LogP contribution < -0.4 is 0 Å². The number of aryl methyl sites for hydroxylation is 1. The largest absolute Gasteiger partial charge is 0.207 e. The van der Waals surface area contributed by atoms with Gasteiger partial charge in [0.2, 0.25) is 0 Å². The summed E-state index contributed by atoms with van der Waals surface area (Å²) in [5.41, 5.74) is 0.814. The molecule has 0 heterocycles. The quantitative estimate of drug-likeness (QED) is 0.505. The molecule has 0 amide bonds. The van der Waals surface area contributed by atoms with Gasteiger partial charge in [0.1, 0.15) is 11.6 Å². The van der Waals surface area contributed by atoms with Crippen LogP contribution in [0.5, 0.6) is 0 Å². The Labute approximate surface area is 152 Å². The van der Waals surface area contributed by atoms with E-state index in [2.05, 4.69) is 6.92 Å². The van der Waals surface area contributed by atoms with Gasteiger partial charge in [0.05, 0.1) is 0 Å². The van der Waals surface area contributed by atoms with Gasteiger partial charge < -0.3 is 0 Å². The third kappa shape index (κ3) is 5.53. The van der Waals surface area contributed by atoms with Crippen molar-refractivity contribution in [2.45, 2.75) is 84.0 Å². The summed E-state index contributed by atoms with van der Waals surface area (Å²) < 4.78 is 26.6. The van der Waals surface area contributed by atoms with E-state index in [4.69, 9.17) is 0 Å². The van der Waals surface area contributed by atoms with Gasteiger partial charge in [0, 0.05) is 6.07 Å². The van der Waals surface area contributed by atoms with Gasteiger partial charge in [-0.2, -0.15) is 0 Å². The molecule has 2 aliphatic rings. The summed E-state index contributed by atoms with van der Waals surface area (Å²) in [6.07, 6.45) is 15.9. The predicted molar refractivity (Wildman–Crippen MR) is 100 cm³/mol. The first-order valence-corrected chi connectivity index (χ1v) is 10.6. The molecule has 3 rings (SSSR count). The highest BCUT2D eigenvalue weighted by Crippen LogP contribution is 2.42. The van der Waals surface area contributed by atoms with E-state index in [1.54, 1.807) is 0 Å². The highest BCUT2D eigenvalue weighted by atomic mass is 19.1. The van der Waals surface area contributed by atoms with Crippen molar-refractivity contribution in [1.82, 2.24) is 0 Å². The van der Waals surface area contributed by atoms with Crippen molar-refractivity contribution in [3.8, 4) is 0 Å². The van der Waals surface area contributed by atoms with Crippen LogP contribution in [0.15, 0.2) is 18.2 Å². The fraction of sp³-hybridized carbons (Fsp3) is 0.739. The van der Waals surface area contributed by atoms with Crippen LogP contribution >= 0.6 is 0 Å². The Hall–Kier alpha value is -0.920. The number of hydrogen-bond acceptors (Lipinski definition) is 0. The number of halogens is 2. The lowest BCUT2D eigenvalue weighted by molar-refractivity contribution is 0.141. The normalized spacial score (nSPS) is 30.4. The molecule has 2 aliphatic carbocycles. The average molecular weight is 349 g/mol. The van der Waals surface area contributed by atoms with Gasteiger partial charge >= 0.3 is 0 Å². The number of benzene rings is 1. The van der Waals surface area contributed by atoms with Crippen LogP contribution in [0.25, 0.3) is 0 Å². The van der Waals surface area contributed by atoms with E-state index in [0.717, 1.165) is 48.1 Å². The summed E-state index contributed by atoms with van der Waals surface area (Å²) in [5.74, 6) is 2.79. The smallest absolute Gasteiger partial charge is 0.126 e. The summed E-state index contributed by atoms with van der Waals surface area (Å²) in [6.45, 7) is 2.31. The van der Waals surface area contributed by atoms with Gasteiger partial charge in [-0.25, -0.2) is 8.78 Å². The lowest BCUT2D eigenvalue weighted by Crippen LogP contribution is -2.26. The van der Waals surface area contributed by atoms with Crippen LogP contribution in [-0.2, 0) is 6.42 Å². The first kappa shape index (κ1) is 18.9. The molecule has 2 heteroatoms. The summed E-state index contributed by atoms with van der Waals surface area (Å²) in [5, 5.41) is 0. The maximum Gasteiger partial charge on any atom is 0.126 e. The lowest BCUT2D eigenvalue weighted by atomic mass is 9.68. The highest BCUT2D eigenvalue weighted by molar-refractivity contribution is 5.18. The van der Waals surface area contributed by atoms with Gasteiger partial charge in [-0.15, -0.1) is 0 Å². The molecule has 25 heavy (non-hydrogen) atoms. The molecule has 0 N–H and O–H groups in total. The van der Waals surface area contributed by atoms with E-state index in [0.29, 0.717) is 0 Å². The second-order valence-electron chi connectivity index (χ2n) is 8.67. The fourth-order valence-electron chi connectivity index (χ4n) is 5.43. The monoisotopic (exact) mass is 348 g/mol. The molecule has 0 aromatic heterocycles. The summed E-state index contributed by atoms with van der Waals surface area (Å²) >= 11 is 0.